The van der Waals surface area contributed by atoms with E-state index in [2.05, 4.69) is 0 Å². The fourth-order valence-corrected chi connectivity index (χ4v) is 3.37. The summed E-state index contributed by atoms with van der Waals surface area (Å²) in [5, 5.41) is 13.0. The summed E-state index contributed by atoms with van der Waals surface area (Å²) in [5.41, 5.74) is 0.517. The van der Waals surface area contributed by atoms with Crippen LogP contribution in [0.2, 0.25) is 0 Å². The Labute approximate surface area is 116 Å². The molecule has 0 saturated carbocycles. The molecule has 2 fully saturated rings. The normalized spacial score (nSPS) is 34.2. The van der Waals surface area contributed by atoms with Crippen LogP contribution < -0.4 is 0 Å². The number of alkyl halides is 1. The zero-order chi connectivity index (χ0) is 13.4. The number of nitrogens with zero attached hydrogens (tertiary/aromatic N) is 1. The number of halogens is 1. The van der Waals surface area contributed by atoms with Crippen molar-refractivity contribution in [3.05, 3.63) is 35.9 Å². The predicted octanol–water partition coefficient (Wildman–Crippen LogP) is 2.40. The monoisotopic (exact) mass is 280 g/mol. The molecule has 1 aromatic rings. The lowest BCUT2D eigenvalue weighted by atomic mass is 10.0. The number of fused-ring (bicyclic) bond motifs is 2. The molecule has 0 spiro atoms. The first-order valence-corrected chi connectivity index (χ1v) is 6.94. The number of rotatable bonds is 2. The summed E-state index contributed by atoms with van der Waals surface area (Å²) < 4.78 is 5.49. The molecule has 0 aromatic heterocycles. The van der Waals surface area contributed by atoms with Gasteiger partial charge in [-0.2, -0.15) is 0 Å². The third kappa shape index (κ3) is 2.48. The van der Waals surface area contributed by atoms with Crippen LogP contribution in [0.4, 0.5) is 0 Å². The molecule has 4 atom stereocenters. The van der Waals surface area contributed by atoms with E-state index in [0.717, 1.165) is 5.06 Å². The Balaban J connectivity index is 1.70. The Morgan fingerprint density at radius 3 is 2.68 bits per heavy atom. The fraction of sp³-hybridized carbons (Fsp3) is 0.500. The Hall–Kier alpha value is -1.10. The molecule has 2 saturated heterocycles. The maximum absolute atomic E-state index is 12.0. The van der Waals surface area contributed by atoms with Gasteiger partial charge < -0.3 is 4.74 Å². The van der Waals surface area contributed by atoms with E-state index >= 15 is 0 Å². The standard InChI is InChI=1S/C14H15ClNO3/c15-10-6-11-8-13(12(7-10)16(11)18)19-14(17)9-4-2-1-3-5-9/h1-5,10-13H,6-8H2/t10-,11+,12-,13+/m1/s1. The average molecular weight is 281 g/mol. The van der Waals surface area contributed by atoms with Crippen LogP contribution in [0.15, 0.2) is 30.3 Å². The van der Waals surface area contributed by atoms with Crippen molar-refractivity contribution in [1.82, 2.24) is 5.06 Å². The fourth-order valence-electron chi connectivity index (χ4n) is 2.98. The van der Waals surface area contributed by atoms with Crippen LogP contribution in [0.5, 0.6) is 0 Å². The van der Waals surface area contributed by atoms with Gasteiger partial charge in [-0.25, -0.2) is 4.79 Å². The average Bonchev–Trinajstić information content (AvgIpc) is 2.60. The number of carbonyl (C=O) groups excluding carboxylic acids is 1. The SMILES string of the molecule is [O]N1[C@H]2C[C@@H](Cl)C[C@@H]1[C@@H](OC(=O)c1ccccc1)C2. The number of hydrogen-bond acceptors (Lipinski definition) is 3. The molecule has 0 N–H and O–H groups in total. The smallest absolute Gasteiger partial charge is 0.338 e. The number of benzene rings is 1. The molecule has 2 heterocycles. The van der Waals surface area contributed by atoms with Gasteiger partial charge in [0.2, 0.25) is 0 Å². The molecule has 0 unspecified atom stereocenters. The van der Waals surface area contributed by atoms with Gasteiger partial charge in [0.25, 0.3) is 0 Å². The van der Waals surface area contributed by atoms with E-state index in [4.69, 9.17) is 16.3 Å². The van der Waals surface area contributed by atoms with Gasteiger partial charge in [0.1, 0.15) is 6.10 Å². The molecule has 2 aliphatic rings. The van der Waals surface area contributed by atoms with Gasteiger partial charge in [-0.15, -0.1) is 21.9 Å². The Morgan fingerprint density at radius 1 is 1.21 bits per heavy atom. The van der Waals surface area contributed by atoms with E-state index in [1.807, 2.05) is 6.07 Å². The van der Waals surface area contributed by atoms with Gasteiger partial charge in [0.15, 0.2) is 0 Å². The summed E-state index contributed by atoms with van der Waals surface area (Å²) in [7, 11) is 0. The second kappa shape index (κ2) is 5.12. The van der Waals surface area contributed by atoms with Crippen molar-refractivity contribution in [1.29, 1.82) is 0 Å². The second-order valence-electron chi connectivity index (χ2n) is 5.20. The van der Waals surface area contributed by atoms with Crippen LogP contribution in [0.3, 0.4) is 0 Å². The summed E-state index contributed by atoms with van der Waals surface area (Å²) in [4.78, 5) is 12.0. The summed E-state index contributed by atoms with van der Waals surface area (Å²) in [6.07, 6.45) is 1.53. The van der Waals surface area contributed by atoms with Crippen LogP contribution in [0, 0.1) is 0 Å². The number of carbonyl (C=O) groups is 1. The molecule has 0 amide bonds. The minimum Gasteiger partial charge on any atom is -0.457 e. The van der Waals surface area contributed by atoms with Crippen molar-refractivity contribution >= 4 is 17.6 Å². The Kier molecular flexibility index (Phi) is 3.48. The highest BCUT2D eigenvalue weighted by atomic mass is 35.5. The van der Waals surface area contributed by atoms with Crippen molar-refractivity contribution in [3.8, 4) is 0 Å². The van der Waals surface area contributed by atoms with Gasteiger partial charge >= 0.3 is 5.97 Å². The minimum absolute atomic E-state index is 0.0145. The van der Waals surface area contributed by atoms with Crippen molar-refractivity contribution in [2.24, 2.45) is 0 Å². The van der Waals surface area contributed by atoms with Crippen molar-refractivity contribution in [2.45, 2.75) is 42.8 Å². The van der Waals surface area contributed by atoms with Gasteiger partial charge in [-0.3, -0.25) is 0 Å². The van der Waals surface area contributed by atoms with Crippen LogP contribution in [-0.4, -0.2) is 34.6 Å². The van der Waals surface area contributed by atoms with E-state index in [9.17, 15) is 10.0 Å². The molecule has 0 aliphatic carbocycles. The molecule has 3 rings (SSSR count). The number of ether oxygens (including phenoxy) is 1. The molecular weight excluding hydrogens is 266 g/mol. The third-order valence-electron chi connectivity index (χ3n) is 3.91. The highest BCUT2D eigenvalue weighted by molar-refractivity contribution is 6.20. The molecule has 5 heteroatoms. The van der Waals surface area contributed by atoms with Crippen LogP contribution >= 0.6 is 11.6 Å². The molecule has 101 valence electrons. The van der Waals surface area contributed by atoms with Crippen LogP contribution in [-0.2, 0) is 9.94 Å². The topological polar surface area (TPSA) is 49.4 Å². The highest BCUT2D eigenvalue weighted by Crippen LogP contribution is 2.38. The summed E-state index contributed by atoms with van der Waals surface area (Å²) >= 11 is 6.12. The zero-order valence-electron chi connectivity index (χ0n) is 10.4. The molecular formula is C14H15ClNO3. The van der Waals surface area contributed by atoms with Crippen molar-refractivity contribution in [2.75, 3.05) is 0 Å². The second-order valence-corrected chi connectivity index (χ2v) is 5.81. The maximum Gasteiger partial charge on any atom is 0.338 e. The van der Waals surface area contributed by atoms with Gasteiger partial charge in [-0.1, -0.05) is 18.2 Å². The van der Waals surface area contributed by atoms with Gasteiger partial charge in [0, 0.05) is 17.8 Å². The molecule has 1 radical (unpaired) electrons. The summed E-state index contributed by atoms with van der Waals surface area (Å²) in [6.45, 7) is 0. The molecule has 4 nitrogen and oxygen atoms in total. The van der Waals surface area contributed by atoms with E-state index in [1.165, 1.54) is 0 Å². The van der Waals surface area contributed by atoms with Gasteiger partial charge in [0.05, 0.1) is 11.6 Å². The molecule has 2 aliphatic heterocycles. The first-order valence-electron chi connectivity index (χ1n) is 6.50. The maximum atomic E-state index is 12.0. The zero-order valence-corrected chi connectivity index (χ0v) is 11.1. The Morgan fingerprint density at radius 2 is 1.95 bits per heavy atom. The van der Waals surface area contributed by atoms with Crippen molar-refractivity contribution < 1.29 is 14.7 Å². The molecule has 19 heavy (non-hydrogen) atoms. The first kappa shape index (κ1) is 12.9. The quantitative estimate of drug-likeness (QED) is 0.617. The predicted molar refractivity (Wildman–Crippen MR) is 69.2 cm³/mol. The van der Waals surface area contributed by atoms with E-state index in [-0.39, 0.29) is 29.5 Å². The van der Waals surface area contributed by atoms with Crippen molar-refractivity contribution in [3.63, 3.8) is 0 Å². The van der Waals surface area contributed by atoms with E-state index < -0.39 is 0 Å². The van der Waals surface area contributed by atoms with E-state index in [1.54, 1.807) is 24.3 Å². The number of hydrogen-bond donors (Lipinski definition) is 0. The van der Waals surface area contributed by atoms with Crippen LogP contribution in [0.1, 0.15) is 29.6 Å². The summed E-state index contributed by atoms with van der Waals surface area (Å²) in [5.74, 6) is -0.363. The number of hydroxylamine groups is 2. The molecule has 2 bridgehead atoms. The number of piperidine rings is 1. The Bertz CT molecular complexity index is 467. The lowest BCUT2D eigenvalue weighted by Gasteiger charge is -2.30. The highest BCUT2D eigenvalue weighted by Gasteiger charge is 2.48. The lowest BCUT2D eigenvalue weighted by Crippen LogP contribution is -2.43. The van der Waals surface area contributed by atoms with Crippen LogP contribution in [0.25, 0.3) is 0 Å². The van der Waals surface area contributed by atoms with Gasteiger partial charge in [-0.05, 0) is 25.0 Å². The largest absolute Gasteiger partial charge is 0.457 e. The van der Waals surface area contributed by atoms with E-state index in [0.29, 0.717) is 24.8 Å². The molecule has 1 aromatic carbocycles. The number of esters is 1. The third-order valence-corrected chi connectivity index (χ3v) is 4.27. The summed E-state index contributed by atoms with van der Waals surface area (Å²) in [6, 6.07) is 8.46. The minimum atomic E-state index is -0.363. The first-order chi connectivity index (χ1) is 9.15. The lowest BCUT2D eigenvalue weighted by molar-refractivity contribution is -0.212.